The Hall–Kier alpha value is -1.12. The van der Waals surface area contributed by atoms with Crippen LogP contribution in [0.25, 0.3) is 10.9 Å². The average molecular weight is 249 g/mol. The molecular weight excluding hydrogens is 232 g/mol. The van der Waals surface area contributed by atoms with Gasteiger partial charge in [0.05, 0.1) is 5.52 Å². The van der Waals surface area contributed by atoms with E-state index in [4.69, 9.17) is 11.6 Å². The number of fused-ring (bicyclic) bond motifs is 1. The van der Waals surface area contributed by atoms with Gasteiger partial charge in [-0.3, -0.25) is 0 Å². The van der Waals surface area contributed by atoms with Crippen LogP contribution in [0.5, 0.6) is 0 Å². The second-order valence-electron chi connectivity index (χ2n) is 4.66. The van der Waals surface area contributed by atoms with Crippen molar-refractivity contribution in [3.63, 3.8) is 0 Å². The van der Waals surface area contributed by atoms with Crippen LogP contribution in [0, 0.1) is 5.92 Å². The van der Waals surface area contributed by atoms with E-state index in [1.807, 2.05) is 18.2 Å². The van der Waals surface area contributed by atoms with Crippen molar-refractivity contribution < 1.29 is 0 Å². The van der Waals surface area contributed by atoms with Crippen molar-refractivity contribution in [2.24, 2.45) is 5.92 Å². The van der Waals surface area contributed by atoms with Gasteiger partial charge in [-0.25, -0.2) is 4.98 Å². The number of hydrogen-bond acceptors (Lipinski definition) is 2. The van der Waals surface area contributed by atoms with Crippen molar-refractivity contribution in [3.8, 4) is 0 Å². The van der Waals surface area contributed by atoms with E-state index in [2.05, 4.69) is 36.3 Å². The number of para-hydroxylation sites is 1. The van der Waals surface area contributed by atoms with E-state index in [0.29, 0.717) is 11.1 Å². The van der Waals surface area contributed by atoms with Gasteiger partial charge in [-0.15, -0.1) is 0 Å². The SMILES string of the molecule is CC(C)CNCc1cc2ccccc2nc1Cl. The molecule has 0 unspecified atom stereocenters. The van der Waals surface area contributed by atoms with Crippen LogP contribution >= 0.6 is 11.6 Å². The fraction of sp³-hybridized carbons (Fsp3) is 0.357. The Labute approximate surface area is 107 Å². The van der Waals surface area contributed by atoms with E-state index in [9.17, 15) is 0 Å². The molecule has 0 saturated heterocycles. The van der Waals surface area contributed by atoms with Crippen molar-refractivity contribution in [1.82, 2.24) is 10.3 Å². The molecule has 0 aliphatic heterocycles. The molecule has 1 aromatic carbocycles. The molecule has 1 heterocycles. The van der Waals surface area contributed by atoms with Gasteiger partial charge in [-0.2, -0.15) is 0 Å². The summed E-state index contributed by atoms with van der Waals surface area (Å²) >= 11 is 6.17. The summed E-state index contributed by atoms with van der Waals surface area (Å²) in [6.45, 7) is 6.14. The number of nitrogens with zero attached hydrogens (tertiary/aromatic N) is 1. The Morgan fingerprint density at radius 3 is 2.82 bits per heavy atom. The summed E-state index contributed by atoms with van der Waals surface area (Å²) in [6, 6.07) is 10.1. The Morgan fingerprint density at radius 1 is 1.29 bits per heavy atom. The minimum atomic E-state index is 0.597. The first-order chi connectivity index (χ1) is 8.16. The van der Waals surface area contributed by atoms with Gasteiger partial charge in [0, 0.05) is 17.5 Å². The van der Waals surface area contributed by atoms with Crippen LogP contribution in [0.15, 0.2) is 30.3 Å². The molecule has 17 heavy (non-hydrogen) atoms. The largest absolute Gasteiger partial charge is 0.312 e. The third-order valence-electron chi connectivity index (χ3n) is 2.62. The highest BCUT2D eigenvalue weighted by Crippen LogP contribution is 2.20. The van der Waals surface area contributed by atoms with Gasteiger partial charge in [-0.05, 0) is 24.6 Å². The lowest BCUT2D eigenvalue weighted by Gasteiger charge is -2.09. The molecule has 0 aliphatic carbocycles. The zero-order valence-electron chi connectivity index (χ0n) is 10.2. The molecule has 0 saturated carbocycles. The lowest BCUT2D eigenvalue weighted by Crippen LogP contribution is -2.19. The van der Waals surface area contributed by atoms with E-state index in [0.717, 1.165) is 29.6 Å². The molecule has 3 heteroatoms. The lowest BCUT2D eigenvalue weighted by molar-refractivity contribution is 0.552. The number of halogens is 1. The van der Waals surface area contributed by atoms with Crippen molar-refractivity contribution in [2.75, 3.05) is 6.54 Å². The van der Waals surface area contributed by atoms with E-state index >= 15 is 0 Å². The van der Waals surface area contributed by atoms with Gasteiger partial charge < -0.3 is 5.32 Å². The maximum Gasteiger partial charge on any atom is 0.134 e. The van der Waals surface area contributed by atoms with Gasteiger partial charge >= 0.3 is 0 Å². The number of aromatic nitrogens is 1. The number of pyridine rings is 1. The maximum absolute atomic E-state index is 6.17. The van der Waals surface area contributed by atoms with Crippen LogP contribution < -0.4 is 5.32 Å². The van der Waals surface area contributed by atoms with Gasteiger partial charge in [0.15, 0.2) is 0 Å². The summed E-state index contributed by atoms with van der Waals surface area (Å²) in [5.41, 5.74) is 2.01. The first-order valence-corrected chi connectivity index (χ1v) is 6.29. The average Bonchev–Trinajstić information content (AvgIpc) is 2.29. The van der Waals surface area contributed by atoms with E-state index in [-0.39, 0.29) is 0 Å². The summed E-state index contributed by atoms with van der Waals surface area (Å²) < 4.78 is 0. The summed E-state index contributed by atoms with van der Waals surface area (Å²) in [5, 5.41) is 5.12. The molecule has 0 radical (unpaired) electrons. The Balaban J connectivity index is 2.19. The molecule has 2 nitrogen and oxygen atoms in total. The van der Waals surface area contributed by atoms with Gasteiger partial charge in [0.25, 0.3) is 0 Å². The number of rotatable bonds is 4. The Kier molecular flexibility index (Phi) is 3.97. The third kappa shape index (κ3) is 3.18. The lowest BCUT2D eigenvalue weighted by atomic mass is 10.1. The minimum Gasteiger partial charge on any atom is -0.312 e. The molecule has 0 atom stereocenters. The molecule has 2 aromatic rings. The zero-order valence-corrected chi connectivity index (χ0v) is 11.0. The Morgan fingerprint density at radius 2 is 2.06 bits per heavy atom. The highest BCUT2D eigenvalue weighted by molar-refractivity contribution is 6.30. The van der Waals surface area contributed by atoms with Crippen LogP contribution in [0.2, 0.25) is 5.15 Å². The predicted molar refractivity (Wildman–Crippen MR) is 73.3 cm³/mol. The van der Waals surface area contributed by atoms with E-state index < -0.39 is 0 Å². The number of hydrogen-bond donors (Lipinski definition) is 1. The molecule has 0 amide bonds. The van der Waals surface area contributed by atoms with Crippen LogP contribution in [0.3, 0.4) is 0 Å². The van der Waals surface area contributed by atoms with Crippen LogP contribution in [-0.2, 0) is 6.54 Å². The highest BCUT2D eigenvalue weighted by Gasteiger charge is 2.04. The molecule has 0 spiro atoms. The molecule has 1 aromatic heterocycles. The Bertz CT molecular complexity index is 509. The molecule has 1 N–H and O–H groups in total. The number of benzene rings is 1. The van der Waals surface area contributed by atoms with Crippen LogP contribution in [0.1, 0.15) is 19.4 Å². The van der Waals surface area contributed by atoms with Crippen molar-refractivity contribution in [2.45, 2.75) is 20.4 Å². The zero-order chi connectivity index (χ0) is 12.3. The first kappa shape index (κ1) is 12.3. The molecule has 2 rings (SSSR count). The number of nitrogens with one attached hydrogen (secondary N) is 1. The predicted octanol–water partition coefficient (Wildman–Crippen LogP) is 3.63. The summed E-state index contributed by atoms with van der Waals surface area (Å²) in [7, 11) is 0. The second-order valence-corrected chi connectivity index (χ2v) is 5.01. The van der Waals surface area contributed by atoms with Crippen LogP contribution in [-0.4, -0.2) is 11.5 Å². The van der Waals surface area contributed by atoms with Gasteiger partial charge in [0.2, 0.25) is 0 Å². The third-order valence-corrected chi connectivity index (χ3v) is 2.95. The summed E-state index contributed by atoms with van der Waals surface area (Å²) in [6.07, 6.45) is 0. The fourth-order valence-corrected chi connectivity index (χ4v) is 1.97. The van der Waals surface area contributed by atoms with Gasteiger partial charge in [-0.1, -0.05) is 43.6 Å². The monoisotopic (exact) mass is 248 g/mol. The molecule has 90 valence electrons. The topological polar surface area (TPSA) is 24.9 Å². The molecule has 0 aliphatic rings. The standard InChI is InChI=1S/C14H17ClN2/c1-10(2)8-16-9-12-7-11-5-3-4-6-13(11)17-14(12)15/h3-7,10,16H,8-9H2,1-2H3. The quantitative estimate of drug-likeness (QED) is 0.836. The fourth-order valence-electron chi connectivity index (χ4n) is 1.76. The molecule has 0 fully saturated rings. The first-order valence-electron chi connectivity index (χ1n) is 5.91. The molecule has 0 bridgehead atoms. The van der Waals surface area contributed by atoms with Gasteiger partial charge in [0.1, 0.15) is 5.15 Å². The molecular formula is C14H17ClN2. The van der Waals surface area contributed by atoms with E-state index in [1.54, 1.807) is 0 Å². The normalized spacial score (nSPS) is 11.3. The minimum absolute atomic E-state index is 0.597. The summed E-state index contributed by atoms with van der Waals surface area (Å²) in [4.78, 5) is 4.40. The van der Waals surface area contributed by atoms with Crippen molar-refractivity contribution >= 4 is 22.5 Å². The van der Waals surface area contributed by atoms with Crippen LogP contribution in [0.4, 0.5) is 0 Å². The maximum atomic E-state index is 6.17. The second kappa shape index (κ2) is 5.48. The van der Waals surface area contributed by atoms with Crippen molar-refractivity contribution in [3.05, 3.63) is 41.0 Å². The van der Waals surface area contributed by atoms with Crippen molar-refractivity contribution in [1.29, 1.82) is 0 Å². The smallest absolute Gasteiger partial charge is 0.134 e. The summed E-state index contributed by atoms with van der Waals surface area (Å²) in [5.74, 6) is 0.641. The highest BCUT2D eigenvalue weighted by atomic mass is 35.5. The van der Waals surface area contributed by atoms with E-state index in [1.165, 1.54) is 0 Å².